The molecule has 0 aliphatic carbocycles. The highest BCUT2D eigenvalue weighted by atomic mass is 19.4. The van der Waals surface area contributed by atoms with Crippen molar-refractivity contribution in [2.45, 2.75) is 68.5 Å². The van der Waals surface area contributed by atoms with Gasteiger partial charge in [-0.3, -0.25) is 0 Å². The fourth-order valence-corrected chi connectivity index (χ4v) is 2.27. The molecule has 0 aromatic heterocycles. The molecule has 0 unspecified atom stereocenters. The lowest BCUT2D eigenvalue weighted by atomic mass is 9.88. The van der Waals surface area contributed by atoms with E-state index in [-0.39, 0.29) is 6.92 Å². The minimum Gasteiger partial charge on any atom is -0.350 e. The molecule has 206 valence electrons. The van der Waals surface area contributed by atoms with E-state index in [1.54, 1.807) is 0 Å². The van der Waals surface area contributed by atoms with Crippen LogP contribution in [0.1, 0.15) is 20.3 Å². The van der Waals surface area contributed by atoms with Crippen molar-refractivity contribution >= 4 is 0 Å². The van der Waals surface area contributed by atoms with Crippen molar-refractivity contribution < 1.29 is 88.5 Å². The van der Waals surface area contributed by atoms with Crippen LogP contribution in [0.5, 0.6) is 0 Å². The van der Waals surface area contributed by atoms with Crippen molar-refractivity contribution in [1.82, 2.24) is 0 Å². The largest absolute Gasteiger partial charge is 0.435 e. The van der Waals surface area contributed by atoms with Crippen LogP contribution in [-0.2, 0) is 9.47 Å². The predicted molar refractivity (Wildman–Crippen MR) is 72.1 cm³/mol. The monoisotopic (exact) mass is 554 g/mol. The molecule has 20 heteroatoms. The molecule has 0 aliphatic heterocycles. The van der Waals surface area contributed by atoms with Gasteiger partial charge in [0.25, 0.3) is 0 Å². The molecular weight excluding hydrogens is 542 g/mol. The van der Waals surface area contributed by atoms with E-state index in [4.69, 9.17) is 0 Å². The molecule has 2 nitrogen and oxygen atoms in total. The van der Waals surface area contributed by atoms with E-state index >= 15 is 0 Å². The Morgan fingerprint density at radius 1 is 0.412 bits per heavy atom. The van der Waals surface area contributed by atoms with Crippen molar-refractivity contribution in [2.24, 2.45) is 5.41 Å². The maximum absolute atomic E-state index is 12.8. The van der Waals surface area contributed by atoms with Crippen molar-refractivity contribution in [3.8, 4) is 0 Å². The number of hydrogen-bond donors (Lipinski definition) is 0. The zero-order valence-corrected chi connectivity index (χ0v) is 16.2. The van der Waals surface area contributed by atoms with E-state index in [9.17, 15) is 79.0 Å². The van der Waals surface area contributed by atoms with E-state index in [0.29, 0.717) is 6.92 Å². The fraction of sp³-hybridized carbons (Fsp3) is 1.00. The molecule has 0 bridgehead atoms. The van der Waals surface area contributed by atoms with Crippen LogP contribution in [-0.4, -0.2) is 61.5 Å². The summed E-state index contributed by atoms with van der Waals surface area (Å²) in [5, 5.41) is 0. The summed E-state index contributed by atoms with van der Waals surface area (Å²) >= 11 is 0. The molecule has 0 heterocycles. The maximum Gasteiger partial charge on any atom is 0.435 e. The van der Waals surface area contributed by atoms with Crippen LogP contribution in [0.15, 0.2) is 0 Å². The second-order valence-corrected chi connectivity index (χ2v) is 7.09. The smallest absolute Gasteiger partial charge is 0.350 e. The summed E-state index contributed by atoms with van der Waals surface area (Å²) in [6.45, 7) is -4.41. The molecule has 0 N–H and O–H groups in total. The summed E-state index contributed by atoms with van der Waals surface area (Å²) in [6, 6.07) is 0. The van der Waals surface area contributed by atoms with Gasteiger partial charge in [-0.05, 0) is 6.42 Å². The second-order valence-electron chi connectivity index (χ2n) is 7.09. The Kier molecular flexibility index (Phi) is 8.60. The molecule has 0 aliphatic rings. The minimum absolute atomic E-state index is 0.148. The second kappa shape index (κ2) is 8.95. The van der Waals surface area contributed by atoms with Gasteiger partial charge in [0, 0.05) is 5.41 Å². The van der Waals surface area contributed by atoms with Gasteiger partial charge in [0.1, 0.15) is 0 Å². The Bertz CT molecular complexity index is 548. The van der Waals surface area contributed by atoms with E-state index in [0.717, 1.165) is 0 Å². The van der Waals surface area contributed by atoms with Crippen LogP contribution < -0.4 is 0 Å². The van der Waals surface area contributed by atoms with Gasteiger partial charge in [0.2, 0.25) is 0 Å². The first-order valence-corrected chi connectivity index (χ1v) is 8.16. The topological polar surface area (TPSA) is 18.5 Å². The standard InChI is InChI=1S/C14H12F18O2/c1-3-6(2,4-33-7(9(15,16)17,10(18,19)20)11(21,22)23)5-34-8(12(24,25)26,13(27,28)29)14(30,31)32/h3-5H2,1-2H3. The molecule has 0 aromatic rings. The van der Waals surface area contributed by atoms with Gasteiger partial charge in [0.15, 0.2) is 0 Å². The SMILES string of the molecule is CCC(C)(COC(C(F)(F)F)(C(F)(F)F)C(F)(F)F)COC(C(F)(F)F)(C(F)(F)F)C(F)(F)F. The third kappa shape index (κ3) is 5.56. The Hall–Kier alpha value is -1.34. The Morgan fingerprint density at radius 3 is 0.706 bits per heavy atom. The summed E-state index contributed by atoms with van der Waals surface area (Å²) in [5.74, 6) is 0. The number of rotatable bonds is 7. The molecule has 0 saturated heterocycles. The Labute approximate surface area is 177 Å². The fourth-order valence-electron chi connectivity index (χ4n) is 2.27. The van der Waals surface area contributed by atoms with Gasteiger partial charge in [-0.1, -0.05) is 13.8 Å². The molecule has 0 atom stereocenters. The highest BCUT2D eigenvalue weighted by Crippen LogP contribution is 2.57. The summed E-state index contributed by atoms with van der Waals surface area (Å²) in [6.07, 6.45) is -45.1. The number of halogens is 18. The minimum atomic E-state index is -7.31. The average molecular weight is 554 g/mol. The molecule has 0 aromatic carbocycles. The lowest BCUT2D eigenvalue weighted by Crippen LogP contribution is -2.69. The third-order valence-corrected chi connectivity index (χ3v) is 4.52. The summed E-state index contributed by atoms with van der Waals surface area (Å²) < 4.78 is 237. The highest BCUT2D eigenvalue weighted by molar-refractivity contribution is 5.04. The lowest BCUT2D eigenvalue weighted by Gasteiger charge is -2.42. The number of ether oxygens (including phenoxy) is 2. The molecule has 0 radical (unpaired) electrons. The predicted octanol–water partition coefficient (Wildman–Crippen LogP) is 7.29. The molecule has 0 fully saturated rings. The molecule has 0 amide bonds. The van der Waals surface area contributed by atoms with E-state index in [1.807, 2.05) is 0 Å². The summed E-state index contributed by atoms with van der Waals surface area (Å²) in [4.78, 5) is 0. The van der Waals surface area contributed by atoms with Crippen LogP contribution in [0.4, 0.5) is 79.0 Å². The van der Waals surface area contributed by atoms with Crippen molar-refractivity contribution in [3.63, 3.8) is 0 Å². The van der Waals surface area contributed by atoms with Crippen LogP contribution in [0.3, 0.4) is 0 Å². The summed E-state index contributed by atoms with van der Waals surface area (Å²) in [7, 11) is 0. The maximum atomic E-state index is 12.8. The quantitative estimate of drug-likeness (QED) is 0.308. The average Bonchev–Trinajstić information content (AvgIpc) is 2.47. The van der Waals surface area contributed by atoms with E-state index < -0.39 is 73.3 Å². The summed E-state index contributed by atoms with van der Waals surface area (Å²) in [5.41, 5.74) is -17.0. The first-order chi connectivity index (χ1) is 14.5. The molecular formula is C14H12F18O2. The van der Waals surface area contributed by atoms with Crippen molar-refractivity contribution in [3.05, 3.63) is 0 Å². The van der Waals surface area contributed by atoms with Gasteiger partial charge in [0.05, 0.1) is 13.2 Å². The van der Waals surface area contributed by atoms with E-state index in [1.165, 1.54) is 0 Å². The van der Waals surface area contributed by atoms with Gasteiger partial charge in [-0.2, -0.15) is 79.0 Å². The number of hydrogen-bond acceptors (Lipinski definition) is 2. The molecule has 0 rings (SSSR count). The zero-order valence-electron chi connectivity index (χ0n) is 16.2. The first-order valence-electron chi connectivity index (χ1n) is 8.16. The van der Waals surface area contributed by atoms with Gasteiger partial charge >= 0.3 is 48.3 Å². The van der Waals surface area contributed by atoms with Gasteiger partial charge < -0.3 is 9.47 Å². The van der Waals surface area contributed by atoms with Gasteiger partial charge in [-0.25, -0.2) is 0 Å². The van der Waals surface area contributed by atoms with Crippen LogP contribution in [0.2, 0.25) is 0 Å². The normalized spacial score (nSPS) is 16.2. The van der Waals surface area contributed by atoms with Crippen molar-refractivity contribution in [1.29, 1.82) is 0 Å². The van der Waals surface area contributed by atoms with Crippen LogP contribution in [0.25, 0.3) is 0 Å². The van der Waals surface area contributed by atoms with Crippen LogP contribution >= 0.6 is 0 Å². The number of alkyl halides is 18. The molecule has 0 spiro atoms. The third-order valence-electron chi connectivity index (χ3n) is 4.52. The Morgan fingerprint density at radius 2 is 0.588 bits per heavy atom. The van der Waals surface area contributed by atoms with Gasteiger partial charge in [-0.15, -0.1) is 0 Å². The lowest BCUT2D eigenvalue weighted by molar-refractivity contribution is -0.466. The van der Waals surface area contributed by atoms with Crippen LogP contribution in [0, 0.1) is 5.41 Å². The zero-order chi connectivity index (χ0) is 28.0. The van der Waals surface area contributed by atoms with E-state index in [2.05, 4.69) is 9.47 Å². The molecule has 34 heavy (non-hydrogen) atoms. The van der Waals surface area contributed by atoms with Crippen molar-refractivity contribution in [2.75, 3.05) is 13.2 Å². The molecule has 0 saturated carbocycles. The first kappa shape index (κ1) is 32.7. The Balaban J connectivity index is 6.46. The highest BCUT2D eigenvalue weighted by Gasteiger charge is 2.87.